The number of aliphatic hydroxyl groups is 1. The van der Waals surface area contributed by atoms with Gasteiger partial charge in [0.25, 0.3) is 0 Å². The van der Waals surface area contributed by atoms with Gasteiger partial charge in [0, 0.05) is 30.7 Å². The van der Waals surface area contributed by atoms with Gasteiger partial charge < -0.3 is 19.7 Å². The predicted molar refractivity (Wildman–Crippen MR) is 150 cm³/mol. The first-order chi connectivity index (χ1) is 17.2. The van der Waals surface area contributed by atoms with Crippen LogP contribution in [0.2, 0.25) is 0 Å². The molecule has 2 bridgehead atoms. The lowest BCUT2D eigenvalue weighted by molar-refractivity contribution is -0.207. The van der Waals surface area contributed by atoms with Crippen LogP contribution in [0.1, 0.15) is 55.4 Å². The van der Waals surface area contributed by atoms with Crippen LogP contribution in [-0.2, 0) is 16.6 Å². The number of phenolic OH excluding ortho intramolecular Hbond substituents is 1. The smallest absolute Gasteiger partial charge is 0.165 e. The van der Waals surface area contributed by atoms with Crippen molar-refractivity contribution in [1.82, 2.24) is 4.90 Å². The summed E-state index contributed by atoms with van der Waals surface area (Å²) in [6.07, 6.45) is 4.01. The summed E-state index contributed by atoms with van der Waals surface area (Å²) in [4.78, 5) is 1.65. The number of alkyl halides is 1. The first-order valence-electron chi connectivity index (χ1n) is 13.1. The SMILES string of the molecule is COC1(S)[C@@H]2Oc3c(O)ccc4c3[C@@]23CCN(CC2CC2)[C@H](C4)[C@@]3(I)C[C@]1(C)[C@H](O)c1ccccc1. The number of ether oxygens (including phenoxy) is 2. The number of rotatable bonds is 5. The van der Waals surface area contributed by atoms with E-state index in [1.807, 2.05) is 30.3 Å². The standard InChI is InChI=1S/C29H34INO4S/c1-26(24(33)18-6-4-3-5-7-18)16-28(30)21-14-19-10-11-20(32)23-22(19)27(28,25(35-23)29(26,36)34-2)12-13-31(21)15-17-8-9-17/h3-7,10-11,17,21,24-25,32-33,36H,8-9,12-16H2,1-2H3/t21-,24-,25-,26-,27+,28+,29?/m1/s1. The van der Waals surface area contributed by atoms with E-state index in [1.54, 1.807) is 13.2 Å². The Hall–Kier alpha value is -1.00. The Morgan fingerprint density at radius 3 is 2.67 bits per heavy atom. The molecule has 3 aliphatic carbocycles. The first-order valence-corrected chi connectivity index (χ1v) is 14.7. The number of piperidine rings is 1. The number of hydrogen-bond acceptors (Lipinski definition) is 6. The summed E-state index contributed by atoms with van der Waals surface area (Å²) in [7, 11) is 1.69. The zero-order chi connectivity index (χ0) is 25.1. The van der Waals surface area contributed by atoms with E-state index in [0.29, 0.717) is 11.8 Å². The third-order valence-electron chi connectivity index (χ3n) is 10.3. The highest BCUT2D eigenvalue weighted by Gasteiger charge is 2.80. The maximum Gasteiger partial charge on any atom is 0.165 e. The van der Waals surface area contributed by atoms with Crippen LogP contribution < -0.4 is 4.74 Å². The quantitative estimate of drug-likeness (QED) is 0.190. The number of hydrogen-bond donors (Lipinski definition) is 3. The van der Waals surface area contributed by atoms with Crippen LogP contribution in [0.15, 0.2) is 42.5 Å². The zero-order valence-corrected chi connectivity index (χ0v) is 23.8. The summed E-state index contributed by atoms with van der Waals surface area (Å²) in [6.45, 7) is 4.27. The molecule has 36 heavy (non-hydrogen) atoms. The average Bonchev–Trinajstić information content (AvgIpc) is 3.62. The number of aromatic hydroxyl groups is 1. The molecule has 2 aliphatic heterocycles. The molecule has 5 aliphatic rings. The number of methoxy groups -OCH3 is 1. The van der Waals surface area contributed by atoms with Crippen molar-refractivity contribution in [2.45, 2.75) is 71.0 Å². The van der Waals surface area contributed by atoms with Crippen LogP contribution in [0.4, 0.5) is 0 Å². The van der Waals surface area contributed by atoms with E-state index in [4.69, 9.17) is 22.1 Å². The van der Waals surface area contributed by atoms with Gasteiger partial charge in [-0.25, -0.2) is 0 Å². The highest BCUT2D eigenvalue weighted by atomic mass is 127. The molecule has 1 spiro atoms. The summed E-state index contributed by atoms with van der Waals surface area (Å²) < 4.78 is 12.9. The molecule has 7 heteroatoms. The minimum absolute atomic E-state index is 0.187. The molecular formula is C29H34INO4S. The van der Waals surface area contributed by atoms with Gasteiger partial charge in [0.2, 0.25) is 0 Å². The molecule has 3 fully saturated rings. The van der Waals surface area contributed by atoms with Gasteiger partial charge in [-0.05, 0) is 61.8 Å². The maximum absolute atomic E-state index is 12.0. The third-order valence-corrected chi connectivity index (χ3v) is 13.3. The Kier molecular flexibility index (Phi) is 5.20. The van der Waals surface area contributed by atoms with Gasteiger partial charge in [0.1, 0.15) is 6.10 Å². The molecule has 192 valence electrons. The maximum atomic E-state index is 12.0. The molecule has 2 aromatic carbocycles. The van der Waals surface area contributed by atoms with Gasteiger partial charge >= 0.3 is 0 Å². The Morgan fingerprint density at radius 1 is 1.22 bits per heavy atom. The second-order valence-corrected chi connectivity index (χ2v) is 14.6. The molecule has 5 nitrogen and oxygen atoms in total. The van der Waals surface area contributed by atoms with Crippen LogP contribution in [-0.4, -0.2) is 55.8 Å². The van der Waals surface area contributed by atoms with Crippen molar-refractivity contribution in [2.75, 3.05) is 20.2 Å². The summed E-state index contributed by atoms with van der Waals surface area (Å²) in [5, 5.41) is 23.0. The Labute approximate surface area is 232 Å². The Morgan fingerprint density at radius 2 is 1.97 bits per heavy atom. The molecule has 0 radical (unpaired) electrons. The van der Waals surface area contributed by atoms with Crippen molar-refractivity contribution < 1.29 is 19.7 Å². The second-order valence-electron chi connectivity index (χ2n) is 12.0. The lowest BCUT2D eigenvalue weighted by Crippen LogP contribution is -2.80. The number of thiol groups is 1. The van der Waals surface area contributed by atoms with E-state index in [-0.39, 0.29) is 14.6 Å². The molecule has 2 aromatic rings. The number of halogens is 1. The number of benzene rings is 2. The monoisotopic (exact) mass is 619 g/mol. The molecular weight excluding hydrogens is 585 g/mol. The fraction of sp³-hybridized carbons (Fsp3) is 0.586. The van der Waals surface area contributed by atoms with Crippen LogP contribution in [0.5, 0.6) is 11.5 Å². The lowest BCUT2D eigenvalue weighted by Gasteiger charge is -2.70. The largest absolute Gasteiger partial charge is 0.504 e. The lowest BCUT2D eigenvalue weighted by atomic mass is 9.45. The van der Waals surface area contributed by atoms with Crippen molar-refractivity contribution >= 4 is 35.2 Å². The molecule has 2 N–H and O–H groups in total. The number of likely N-dealkylation sites (tertiary alicyclic amines) is 1. The normalized spacial score (nSPS) is 41.5. The topological polar surface area (TPSA) is 62.2 Å². The molecule has 7 rings (SSSR count). The zero-order valence-electron chi connectivity index (χ0n) is 20.8. The van der Waals surface area contributed by atoms with E-state index in [1.165, 1.54) is 18.4 Å². The van der Waals surface area contributed by atoms with Crippen molar-refractivity contribution in [1.29, 1.82) is 0 Å². The average molecular weight is 620 g/mol. The Balaban J connectivity index is 1.46. The number of phenols is 1. The highest BCUT2D eigenvalue weighted by Crippen LogP contribution is 2.75. The van der Waals surface area contributed by atoms with Crippen molar-refractivity contribution in [3.63, 3.8) is 0 Å². The number of nitrogens with zero attached hydrogens (tertiary/aromatic N) is 1. The fourth-order valence-corrected chi connectivity index (χ4v) is 11.0. The number of aliphatic hydroxyl groups excluding tert-OH is 1. The van der Waals surface area contributed by atoms with Gasteiger partial charge in [0.05, 0.1) is 14.9 Å². The summed E-state index contributed by atoms with van der Waals surface area (Å²) in [5.74, 6) is 1.59. The first kappa shape index (κ1) is 24.1. The van der Waals surface area contributed by atoms with E-state index in [9.17, 15) is 10.2 Å². The van der Waals surface area contributed by atoms with Crippen LogP contribution in [0.3, 0.4) is 0 Å². The summed E-state index contributed by atoms with van der Waals surface area (Å²) in [5.41, 5.74) is 2.20. The van der Waals surface area contributed by atoms with Gasteiger partial charge in [-0.2, -0.15) is 0 Å². The van der Waals surface area contributed by atoms with E-state index in [0.717, 1.165) is 49.4 Å². The molecule has 7 atom stereocenters. The van der Waals surface area contributed by atoms with E-state index < -0.39 is 22.6 Å². The summed E-state index contributed by atoms with van der Waals surface area (Å²) >= 11 is 8.06. The van der Waals surface area contributed by atoms with Crippen molar-refractivity contribution in [3.8, 4) is 11.5 Å². The van der Waals surface area contributed by atoms with E-state index in [2.05, 4.69) is 40.5 Å². The van der Waals surface area contributed by atoms with Gasteiger partial charge in [0.15, 0.2) is 16.4 Å². The third kappa shape index (κ3) is 2.79. The molecule has 0 aromatic heterocycles. The van der Waals surface area contributed by atoms with Crippen LogP contribution in [0, 0.1) is 11.3 Å². The van der Waals surface area contributed by atoms with E-state index >= 15 is 0 Å². The van der Waals surface area contributed by atoms with Crippen molar-refractivity contribution in [2.24, 2.45) is 11.3 Å². The fourth-order valence-electron chi connectivity index (χ4n) is 8.33. The Bertz CT molecular complexity index is 1230. The molecule has 1 unspecified atom stereocenters. The van der Waals surface area contributed by atoms with Gasteiger partial charge in [-0.1, -0.05) is 65.9 Å². The molecule has 2 heterocycles. The highest BCUT2D eigenvalue weighted by molar-refractivity contribution is 14.1. The minimum atomic E-state index is -1.08. The molecule has 0 amide bonds. The van der Waals surface area contributed by atoms with Gasteiger partial charge in [-0.3, -0.25) is 4.90 Å². The minimum Gasteiger partial charge on any atom is -0.504 e. The van der Waals surface area contributed by atoms with Crippen LogP contribution in [0.25, 0.3) is 0 Å². The molecule has 2 saturated carbocycles. The summed E-state index contributed by atoms with van der Waals surface area (Å²) in [6, 6.07) is 14.1. The van der Waals surface area contributed by atoms with Gasteiger partial charge in [-0.15, -0.1) is 12.6 Å². The molecule has 1 saturated heterocycles. The van der Waals surface area contributed by atoms with Crippen LogP contribution >= 0.6 is 35.2 Å². The van der Waals surface area contributed by atoms with Crippen molar-refractivity contribution in [3.05, 3.63) is 59.2 Å². The second kappa shape index (κ2) is 7.78. The predicted octanol–water partition coefficient (Wildman–Crippen LogP) is 5.02.